The summed E-state index contributed by atoms with van der Waals surface area (Å²) in [6.45, 7) is 2.29. The van der Waals surface area contributed by atoms with Crippen LogP contribution >= 0.6 is 0 Å². The molecule has 1 N–H and O–H groups in total. The first-order chi connectivity index (χ1) is 6.18. The van der Waals surface area contributed by atoms with Crippen molar-refractivity contribution >= 4 is 5.97 Å². The van der Waals surface area contributed by atoms with Crippen LogP contribution in [0.25, 0.3) is 0 Å². The van der Waals surface area contributed by atoms with Gasteiger partial charge in [0.05, 0.1) is 0 Å². The Hall–Kier alpha value is -0.790. The predicted octanol–water partition coefficient (Wildman–Crippen LogP) is 2.99. The number of rotatable bonds is 3. The third-order valence-corrected chi connectivity index (χ3v) is 2.71. The van der Waals surface area contributed by atoms with Crippen molar-refractivity contribution in [2.45, 2.75) is 45.4 Å². The minimum atomic E-state index is -0.693. The van der Waals surface area contributed by atoms with E-state index >= 15 is 0 Å². The molecule has 1 aliphatic rings. The van der Waals surface area contributed by atoms with Crippen molar-refractivity contribution in [1.29, 1.82) is 0 Å². The molecule has 0 unspecified atom stereocenters. The molecular formula is C11H18O2. The van der Waals surface area contributed by atoms with Gasteiger partial charge in [0.2, 0.25) is 0 Å². The molecule has 2 nitrogen and oxygen atoms in total. The van der Waals surface area contributed by atoms with Crippen LogP contribution in [0.5, 0.6) is 0 Å². The Labute approximate surface area is 79.6 Å². The lowest BCUT2D eigenvalue weighted by Gasteiger charge is -2.19. The van der Waals surface area contributed by atoms with E-state index in [0.29, 0.717) is 6.42 Å². The molecule has 1 saturated carbocycles. The lowest BCUT2D eigenvalue weighted by molar-refractivity contribution is -0.136. The van der Waals surface area contributed by atoms with Crippen LogP contribution in [0.3, 0.4) is 0 Å². The summed E-state index contributed by atoms with van der Waals surface area (Å²) < 4.78 is 0. The first-order valence-corrected chi connectivity index (χ1v) is 5.08. The van der Waals surface area contributed by atoms with E-state index in [1.807, 2.05) is 0 Å². The van der Waals surface area contributed by atoms with Crippen LogP contribution in [0.4, 0.5) is 0 Å². The van der Waals surface area contributed by atoms with Gasteiger partial charge in [0.25, 0.3) is 0 Å². The highest BCUT2D eigenvalue weighted by molar-refractivity contribution is 5.66. The van der Waals surface area contributed by atoms with Crippen molar-refractivity contribution in [2.75, 3.05) is 0 Å². The van der Waals surface area contributed by atoms with Crippen LogP contribution in [-0.2, 0) is 4.79 Å². The monoisotopic (exact) mass is 182 g/mol. The Kier molecular flexibility index (Phi) is 4.00. The molecule has 1 fully saturated rings. The fraction of sp³-hybridized carbons (Fsp3) is 0.727. The lowest BCUT2D eigenvalue weighted by atomic mass is 9.86. The third-order valence-electron chi connectivity index (χ3n) is 2.71. The summed E-state index contributed by atoms with van der Waals surface area (Å²) in [6.07, 6.45) is 8.03. The fourth-order valence-corrected chi connectivity index (χ4v) is 1.74. The van der Waals surface area contributed by atoms with Gasteiger partial charge in [-0.2, -0.15) is 0 Å². The summed E-state index contributed by atoms with van der Waals surface area (Å²) in [5, 5.41) is 8.46. The van der Waals surface area contributed by atoms with Gasteiger partial charge in [-0.1, -0.05) is 18.6 Å². The highest BCUT2D eigenvalue weighted by atomic mass is 16.4. The second-order valence-corrected chi connectivity index (χ2v) is 3.98. The number of allylic oxidation sites excluding steroid dienone is 2. The third kappa shape index (κ3) is 4.11. The molecule has 0 aromatic rings. The maximum Gasteiger partial charge on any atom is 0.303 e. The molecule has 1 aliphatic carbocycles. The lowest BCUT2D eigenvalue weighted by Crippen LogP contribution is -2.04. The summed E-state index contributed by atoms with van der Waals surface area (Å²) >= 11 is 0. The second kappa shape index (κ2) is 5.05. The standard InChI is InChI=1S/C11H18O2/c1-9-5-7-10(8-6-9)3-2-4-11(12)13/h3,9H,2,4-8H2,1H3,(H,12,13). The van der Waals surface area contributed by atoms with E-state index in [-0.39, 0.29) is 6.42 Å². The van der Waals surface area contributed by atoms with Crippen molar-refractivity contribution in [3.63, 3.8) is 0 Å². The van der Waals surface area contributed by atoms with E-state index in [9.17, 15) is 4.79 Å². The fourth-order valence-electron chi connectivity index (χ4n) is 1.74. The Morgan fingerprint density at radius 1 is 1.54 bits per heavy atom. The van der Waals surface area contributed by atoms with Crippen molar-refractivity contribution < 1.29 is 9.90 Å². The molecule has 0 amide bonds. The molecule has 74 valence electrons. The number of carboxylic acid groups (broad SMARTS) is 1. The van der Waals surface area contributed by atoms with Crippen molar-refractivity contribution in [2.24, 2.45) is 5.92 Å². The van der Waals surface area contributed by atoms with Crippen LogP contribution in [0, 0.1) is 5.92 Å². The van der Waals surface area contributed by atoms with Gasteiger partial charge in [0.1, 0.15) is 0 Å². The first-order valence-electron chi connectivity index (χ1n) is 5.08. The van der Waals surface area contributed by atoms with Crippen LogP contribution in [0.1, 0.15) is 45.4 Å². The summed E-state index contributed by atoms with van der Waals surface area (Å²) in [7, 11) is 0. The van der Waals surface area contributed by atoms with Crippen LogP contribution < -0.4 is 0 Å². The molecule has 2 heteroatoms. The van der Waals surface area contributed by atoms with E-state index in [2.05, 4.69) is 13.0 Å². The van der Waals surface area contributed by atoms with Gasteiger partial charge < -0.3 is 5.11 Å². The maximum absolute atomic E-state index is 10.3. The highest BCUT2D eigenvalue weighted by Crippen LogP contribution is 2.27. The van der Waals surface area contributed by atoms with Gasteiger partial charge >= 0.3 is 5.97 Å². The highest BCUT2D eigenvalue weighted by Gasteiger charge is 2.11. The Balaban J connectivity index is 2.23. The van der Waals surface area contributed by atoms with Crippen LogP contribution in [0.15, 0.2) is 11.6 Å². The van der Waals surface area contributed by atoms with E-state index in [4.69, 9.17) is 5.11 Å². The normalized spacial score (nSPS) is 22.8. The van der Waals surface area contributed by atoms with Crippen LogP contribution in [-0.4, -0.2) is 11.1 Å². The van der Waals surface area contributed by atoms with Crippen LogP contribution in [0.2, 0.25) is 0 Å². The van der Waals surface area contributed by atoms with E-state index in [1.54, 1.807) is 0 Å². The molecule has 0 aromatic heterocycles. The number of carbonyl (C=O) groups is 1. The molecule has 0 atom stereocenters. The Morgan fingerprint density at radius 2 is 2.15 bits per heavy atom. The molecule has 0 radical (unpaired) electrons. The quantitative estimate of drug-likeness (QED) is 0.681. The topological polar surface area (TPSA) is 37.3 Å². The number of hydrogen-bond acceptors (Lipinski definition) is 1. The smallest absolute Gasteiger partial charge is 0.303 e. The first kappa shape index (κ1) is 10.3. The largest absolute Gasteiger partial charge is 0.481 e. The van der Waals surface area contributed by atoms with Gasteiger partial charge in [-0.3, -0.25) is 4.79 Å². The molecule has 0 spiro atoms. The zero-order valence-corrected chi connectivity index (χ0v) is 8.25. The van der Waals surface area contributed by atoms with Crippen molar-refractivity contribution in [1.82, 2.24) is 0 Å². The summed E-state index contributed by atoms with van der Waals surface area (Å²) in [4.78, 5) is 10.3. The zero-order valence-electron chi connectivity index (χ0n) is 8.25. The molecule has 13 heavy (non-hydrogen) atoms. The summed E-state index contributed by atoms with van der Waals surface area (Å²) in [5.74, 6) is 0.164. The average molecular weight is 182 g/mol. The average Bonchev–Trinajstić information content (AvgIpc) is 2.08. The maximum atomic E-state index is 10.3. The molecule has 0 aromatic carbocycles. The van der Waals surface area contributed by atoms with Gasteiger partial charge in [0, 0.05) is 6.42 Å². The molecular weight excluding hydrogens is 164 g/mol. The van der Waals surface area contributed by atoms with Gasteiger partial charge in [-0.25, -0.2) is 0 Å². The minimum absolute atomic E-state index is 0.277. The number of carboxylic acids is 1. The predicted molar refractivity (Wildman–Crippen MR) is 52.6 cm³/mol. The Bertz CT molecular complexity index is 196. The van der Waals surface area contributed by atoms with Gasteiger partial charge in [-0.05, 0) is 38.0 Å². The molecule has 0 heterocycles. The SMILES string of the molecule is CC1CCC(=CCCC(=O)O)CC1. The van der Waals surface area contributed by atoms with E-state index in [1.165, 1.54) is 31.3 Å². The zero-order chi connectivity index (χ0) is 9.68. The van der Waals surface area contributed by atoms with E-state index in [0.717, 1.165) is 5.92 Å². The second-order valence-electron chi connectivity index (χ2n) is 3.98. The number of aliphatic carboxylic acids is 1. The molecule has 0 bridgehead atoms. The van der Waals surface area contributed by atoms with Gasteiger partial charge in [0.15, 0.2) is 0 Å². The molecule has 1 rings (SSSR count). The van der Waals surface area contributed by atoms with Crippen molar-refractivity contribution in [3.8, 4) is 0 Å². The molecule has 0 saturated heterocycles. The molecule has 0 aliphatic heterocycles. The minimum Gasteiger partial charge on any atom is -0.481 e. The number of hydrogen-bond donors (Lipinski definition) is 1. The van der Waals surface area contributed by atoms with Gasteiger partial charge in [-0.15, -0.1) is 0 Å². The van der Waals surface area contributed by atoms with Crippen molar-refractivity contribution in [3.05, 3.63) is 11.6 Å². The summed E-state index contributed by atoms with van der Waals surface area (Å²) in [5.41, 5.74) is 1.47. The summed E-state index contributed by atoms with van der Waals surface area (Å²) in [6, 6.07) is 0. The Morgan fingerprint density at radius 3 is 2.69 bits per heavy atom. The van der Waals surface area contributed by atoms with E-state index < -0.39 is 5.97 Å².